The van der Waals surface area contributed by atoms with Crippen molar-refractivity contribution < 1.29 is 14.4 Å². The molecule has 0 saturated heterocycles. The van der Waals surface area contributed by atoms with E-state index in [1.54, 1.807) is 24.3 Å². The predicted octanol–water partition coefficient (Wildman–Crippen LogP) is 3.05. The molecule has 0 aliphatic carbocycles. The molecular weight excluding hydrogens is 280 g/mol. The summed E-state index contributed by atoms with van der Waals surface area (Å²) < 4.78 is 0. The van der Waals surface area contributed by atoms with Gasteiger partial charge in [-0.1, -0.05) is 31.9 Å². The lowest BCUT2D eigenvalue weighted by atomic mass is 10.1. The Balaban J connectivity index is 2.25. The number of hydrazine groups is 1. The molecule has 106 valence electrons. The number of benzene rings is 1. The van der Waals surface area contributed by atoms with Gasteiger partial charge in [0.05, 0.1) is 11.1 Å². The second-order valence-corrected chi connectivity index (χ2v) is 4.87. The molecule has 5 nitrogen and oxygen atoms in total. The Kier molecular flexibility index (Phi) is 4.39. The second-order valence-electron chi connectivity index (χ2n) is 4.55. The fraction of sp³-hybridized carbons (Fsp3) is 0.357. The Morgan fingerprint density at radius 3 is 2.15 bits per heavy atom. The Morgan fingerprint density at radius 2 is 1.70 bits per heavy atom. The van der Waals surface area contributed by atoms with E-state index in [0.717, 1.165) is 22.9 Å². The van der Waals surface area contributed by atoms with Crippen molar-refractivity contribution in [3.63, 3.8) is 0 Å². The Hall–Kier alpha value is -1.88. The fourth-order valence-electron chi connectivity index (χ4n) is 2.17. The predicted molar refractivity (Wildman–Crippen MR) is 74.4 cm³/mol. The lowest BCUT2D eigenvalue weighted by Crippen LogP contribution is -2.48. The molecule has 0 radical (unpaired) electrons. The van der Waals surface area contributed by atoms with Crippen LogP contribution >= 0.6 is 11.6 Å². The highest BCUT2D eigenvalue weighted by atomic mass is 35.5. The van der Waals surface area contributed by atoms with Gasteiger partial charge < -0.3 is 0 Å². The summed E-state index contributed by atoms with van der Waals surface area (Å²) in [5, 5.41) is 1.04. The normalized spacial score (nSPS) is 13.6. The second kappa shape index (κ2) is 6.05. The highest BCUT2D eigenvalue weighted by Crippen LogP contribution is 2.25. The van der Waals surface area contributed by atoms with Crippen molar-refractivity contribution in [3.05, 3.63) is 35.4 Å². The first-order valence-electron chi connectivity index (χ1n) is 6.52. The molecule has 2 rings (SSSR count). The smallest absolute Gasteiger partial charge is 0.267 e. The van der Waals surface area contributed by atoms with Crippen molar-refractivity contribution in [2.24, 2.45) is 0 Å². The van der Waals surface area contributed by atoms with Crippen molar-refractivity contribution in [3.8, 4) is 0 Å². The van der Waals surface area contributed by atoms with Crippen LogP contribution < -0.4 is 0 Å². The monoisotopic (exact) mass is 294 g/mol. The number of unbranched alkanes of at least 4 members (excludes halogenated alkanes) is 2. The van der Waals surface area contributed by atoms with Crippen LogP contribution in [0.2, 0.25) is 0 Å². The van der Waals surface area contributed by atoms with E-state index in [1.165, 1.54) is 0 Å². The topological polar surface area (TPSA) is 57.7 Å². The Bertz CT molecular complexity index is 524. The summed E-state index contributed by atoms with van der Waals surface area (Å²) in [4.78, 5) is 36.0. The van der Waals surface area contributed by atoms with Crippen molar-refractivity contribution in [2.45, 2.75) is 26.2 Å². The average molecular weight is 295 g/mol. The molecule has 1 aromatic rings. The SMILES string of the molecule is CCCCCN(C(=O)Cl)N1C(=O)c2ccccc2C1=O. The van der Waals surface area contributed by atoms with E-state index in [0.29, 0.717) is 17.5 Å². The molecule has 0 unspecified atom stereocenters. The molecule has 20 heavy (non-hydrogen) atoms. The standard InChI is InChI=1S/C14H15ClN2O3/c1-2-3-6-9-16(14(15)20)17-12(18)10-7-4-5-8-11(10)13(17)19/h4-5,7-8H,2-3,6,9H2,1H3. The van der Waals surface area contributed by atoms with E-state index in [2.05, 4.69) is 0 Å². The summed E-state index contributed by atoms with van der Waals surface area (Å²) in [6.45, 7) is 2.27. The lowest BCUT2D eigenvalue weighted by Gasteiger charge is -2.27. The molecule has 0 bridgehead atoms. The van der Waals surface area contributed by atoms with E-state index in [-0.39, 0.29) is 6.54 Å². The number of halogens is 1. The molecule has 0 saturated carbocycles. The minimum Gasteiger partial charge on any atom is -0.267 e. The van der Waals surface area contributed by atoms with Gasteiger partial charge in [0.1, 0.15) is 0 Å². The van der Waals surface area contributed by atoms with Gasteiger partial charge in [0, 0.05) is 6.54 Å². The Labute approximate surface area is 122 Å². The number of carbonyl (C=O) groups is 3. The van der Waals surface area contributed by atoms with Gasteiger partial charge >= 0.3 is 5.37 Å². The third-order valence-electron chi connectivity index (χ3n) is 3.19. The van der Waals surface area contributed by atoms with E-state index in [4.69, 9.17) is 11.6 Å². The minimum atomic E-state index is -0.824. The first kappa shape index (κ1) is 14.5. The van der Waals surface area contributed by atoms with Gasteiger partial charge in [0.15, 0.2) is 0 Å². The van der Waals surface area contributed by atoms with Crippen LogP contribution in [-0.4, -0.2) is 33.7 Å². The summed E-state index contributed by atoms with van der Waals surface area (Å²) in [7, 11) is 0. The van der Waals surface area contributed by atoms with Gasteiger partial charge in [-0.25, -0.2) is 5.01 Å². The first-order chi connectivity index (χ1) is 9.57. The molecule has 6 heteroatoms. The van der Waals surface area contributed by atoms with E-state index < -0.39 is 17.2 Å². The van der Waals surface area contributed by atoms with Crippen LogP contribution in [-0.2, 0) is 0 Å². The highest BCUT2D eigenvalue weighted by molar-refractivity contribution is 6.63. The zero-order valence-electron chi connectivity index (χ0n) is 11.1. The first-order valence-corrected chi connectivity index (χ1v) is 6.90. The number of fused-ring (bicyclic) bond motifs is 1. The zero-order chi connectivity index (χ0) is 14.7. The van der Waals surface area contributed by atoms with Crippen LogP contribution in [0.15, 0.2) is 24.3 Å². The zero-order valence-corrected chi connectivity index (χ0v) is 11.9. The van der Waals surface area contributed by atoms with Gasteiger partial charge in [-0.15, -0.1) is 0 Å². The highest BCUT2D eigenvalue weighted by Gasteiger charge is 2.40. The third-order valence-corrected chi connectivity index (χ3v) is 3.39. The maximum atomic E-state index is 12.2. The van der Waals surface area contributed by atoms with Crippen molar-refractivity contribution in [1.29, 1.82) is 0 Å². The number of rotatable bonds is 5. The molecule has 0 atom stereocenters. The van der Waals surface area contributed by atoms with E-state index in [9.17, 15) is 14.4 Å². The molecule has 0 fully saturated rings. The molecule has 0 spiro atoms. The molecule has 0 aromatic heterocycles. The van der Waals surface area contributed by atoms with Gasteiger partial charge in [-0.05, 0) is 30.2 Å². The van der Waals surface area contributed by atoms with Crippen LogP contribution in [0.4, 0.5) is 4.79 Å². The van der Waals surface area contributed by atoms with Crippen LogP contribution in [0.25, 0.3) is 0 Å². The largest absolute Gasteiger partial charge is 0.335 e. The van der Waals surface area contributed by atoms with Gasteiger partial charge in [-0.3, -0.25) is 14.4 Å². The van der Waals surface area contributed by atoms with Crippen molar-refractivity contribution >= 4 is 28.8 Å². The molecule has 0 N–H and O–H groups in total. The quantitative estimate of drug-likeness (QED) is 0.363. The summed E-state index contributed by atoms with van der Waals surface area (Å²) in [6, 6.07) is 6.49. The van der Waals surface area contributed by atoms with Gasteiger partial charge in [0.25, 0.3) is 11.8 Å². The molecule has 3 amide bonds. The van der Waals surface area contributed by atoms with Crippen LogP contribution in [0.5, 0.6) is 0 Å². The summed E-state index contributed by atoms with van der Waals surface area (Å²) >= 11 is 5.52. The summed E-state index contributed by atoms with van der Waals surface area (Å²) in [5.41, 5.74) is 0.604. The number of imide groups is 1. The van der Waals surface area contributed by atoms with Crippen LogP contribution in [0.1, 0.15) is 46.9 Å². The number of hydrogen-bond donors (Lipinski definition) is 0. The van der Waals surface area contributed by atoms with Crippen LogP contribution in [0, 0.1) is 0 Å². The molecule has 1 aromatic carbocycles. The number of nitrogens with zero attached hydrogens (tertiary/aromatic N) is 2. The third kappa shape index (κ3) is 2.54. The van der Waals surface area contributed by atoms with E-state index >= 15 is 0 Å². The summed E-state index contributed by atoms with van der Waals surface area (Å²) in [5.74, 6) is -1.01. The van der Waals surface area contributed by atoms with Crippen molar-refractivity contribution in [1.82, 2.24) is 10.0 Å². The lowest BCUT2D eigenvalue weighted by molar-refractivity contribution is 0.0221. The number of hydrogen-bond acceptors (Lipinski definition) is 3. The summed E-state index contributed by atoms with van der Waals surface area (Å²) in [6.07, 6.45) is 2.54. The fourth-order valence-corrected chi connectivity index (χ4v) is 2.33. The van der Waals surface area contributed by atoms with Crippen LogP contribution in [0.3, 0.4) is 0 Å². The van der Waals surface area contributed by atoms with Gasteiger partial charge in [-0.2, -0.15) is 5.01 Å². The Morgan fingerprint density at radius 1 is 1.15 bits per heavy atom. The molecule has 1 aliphatic heterocycles. The maximum Gasteiger partial charge on any atom is 0.335 e. The molecule has 1 heterocycles. The maximum absolute atomic E-state index is 12.2. The number of carbonyl (C=O) groups excluding carboxylic acids is 3. The molecular formula is C14H15ClN2O3. The minimum absolute atomic E-state index is 0.252. The molecule has 1 aliphatic rings. The van der Waals surface area contributed by atoms with E-state index in [1.807, 2.05) is 6.92 Å². The van der Waals surface area contributed by atoms with Gasteiger partial charge in [0.2, 0.25) is 0 Å². The van der Waals surface area contributed by atoms with Crippen molar-refractivity contribution in [2.75, 3.05) is 6.54 Å². The number of amides is 3. The average Bonchev–Trinajstić information content (AvgIpc) is 2.68.